The number of hydrogen-bond acceptors (Lipinski definition) is 29. The Morgan fingerprint density at radius 3 is 1.87 bits per heavy atom. The first-order valence-electron chi connectivity index (χ1n) is 36.3. The Kier molecular flexibility index (Phi) is 23.3. The number of ether oxygens (including phenoxy) is 11. The van der Waals surface area contributed by atoms with E-state index in [1.807, 2.05) is 36.4 Å². The third kappa shape index (κ3) is 14.5. The topological polar surface area (TPSA) is 460 Å². The number of methoxy groups -OCH3 is 1. The quantitative estimate of drug-likeness (QED) is 0.0623. The van der Waals surface area contributed by atoms with Gasteiger partial charge in [-0.1, -0.05) is 90.1 Å². The molecule has 0 spiro atoms. The number of fused-ring (bicyclic) bond motifs is 8. The van der Waals surface area contributed by atoms with E-state index in [-0.39, 0.29) is 47.5 Å². The van der Waals surface area contributed by atoms with E-state index in [9.17, 15) is 76.3 Å². The molecule has 2 aromatic carbocycles. The first-order valence-corrected chi connectivity index (χ1v) is 37.1. The van der Waals surface area contributed by atoms with E-state index in [0.29, 0.717) is 31.6 Å². The highest BCUT2D eigenvalue weighted by molar-refractivity contribution is 7.99. The highest BCUT2D eigenvalue weighted by Crippen LogP contribution is 2.76. The minimum Gasteiger partial charge on any atom is -0.453 e. The molecular formula is C73H107N3O27S. The number of aliphatic hydroxyl groups excluding tert-OH is 14. The number of nitrogens with one attached hydrogen (secondary N) is 2. The van der Waals surface area contributed by atoms with Gasteiger partial charge in [-0.25, -0.2) is 9.78 Å². The van der Waals surface area contributed by atoms with Gasteiger partial charge in [-0.05, 0) is 147 Å². The second-order valence-electron chi connectivity index (χ2n) is 32.6. The molecule has 104 heavy (non-hydrogen) atoms. The summed E-state index contributed by atoms with van der Waals surface area (Å²) in [6, 6.07) is 16.1. The number of aromatic amines is 1. The maximum absolute atomic E-state index is 15.4. The van der Waals surface area contributed by atoms with Gasteiger partial charge in [0.15, 0.2) is 31.3 Å². The molecule has 3 aromatic rings. The normalized spacial score (nSPS) is 46.1. The highest BCUT2D eigenvalue weighted by Gasteiger charge is 2.72. The van der Waals surface area contributed by atoms with E-state index in [1.165, 1.54) is 18.9 Å². The number of carbonyl (C=O) groups excluding carboxylic acids is 2. The van der Waals surface area contributed by atoms with Crippen LogP contribution in [0.2, 0.25) is 0 Å². The van der Waals surface area contributed by atoms with E-state index in [2.05, 4.69) is 86.7 Å². The number of imidazole rings is 1. The average molecular weight is 1490 g/mol. The van der Waals surface area contributed by atoms with Gasteiger partial charge in [0.1, 0.15) is 97.0 Å². The number of allylic oxidation sites excluding steroid dienone is 2. The van der Waals surface area contributed by atoms with Crippen molar-refractivity contribution >= 4 is 40.8 Å². The number of hydrogen-bond donors (Lipinski definition) is 16. The molecule has 16 N–H and O–H groups in total. The van der Waals surface area contributed by atoms with Crippen LogP contribution < -0.4 is 5.32 Å². The fourth-order valence-corrected chi connectivity index (χ4v) is 20.2. The van der Waals surface area contributed by atoms with Crippen molar-refractivity contribution in [3.63, 3.8) is 0 Å². The number of aromatic nitrogens is 2. The van der Waals surface area contributed by atoms with Gasteiger partial charge in [0.05, 0.1) is 62.4 Å². The van der Waals surface area contributed by atoms with Gasteiger partial charge in [0, 0.05) is 9.79 Å². The summed E-state index contributed by atoms with van der Waals surface area (Å²) < 4.78 is 64.2. The summed E-state index contributed by atoms with van der Waals surface area (Å²) in [5, 5.41) is 155. The lowest BCUT2D eigenvalue weighted by Gasteiger charge is -2.71. The van der Waals surface area contributed by atoms with Gasteiger partial charge < -0.3 is 129 Å². The summed E-state index contributed by atoms with van der Waals surface area (Å²) in [7, 11) is 1.31. The average Bonchev–Trinajstić information content (AvgIpc) is 0.706. The van der Waals surface area contributed by atoms with Crippen molar-refractivity contribution in [2.45, 2.75) is 283 Å². The van der Waals surface area contributed by atoms with Crippen LogP contribution in [-0.4, -0.2) is 274 Å². The van der Waals surface area contributed by atoms with Crippen LogP contribution in [0, 0.1) is 50.2 Å². The molecule has 9 fully saturated rings. The monoisotopic (exact) mass is 1490 g/mol. The standard InChI is InChI=1S/C58H94O25.C15H13N3O2S/c1-23-44(80-47-40(69)34(63)27(60)21-74-47)38(67)42(71)48(76-23)79-33-13-14-55(7)30(54(33,5)6)12-15-56(8)31(55)11-10-25-26-18-53(3,4)16-17-58(26,32(62)19-57(25,56)9)52(73)83-51-46(35(64)28(61)22-75-51)82-49-43(72)39(68)45(24(2)77-49)81-50-41(70)37(66)36(65)29(20-59)78-50;1-20-15(19)18-14-16-12-8-7-11(9-13(12)17-14)21-10-5-3-2-4-6-10/h10,23-24,26-51,59-72H,11-22H2,1-9H3;2-9H,1H3,(H2,16,17,18,19). The first kappa shape index (κ1) is 79.4. The number of amides is 1. The van der Waals surface area contributed by atoms with Crippen LogP contribution in [0.4, 0.5) is 10.7 Å². The first-order chi connectivity index (χ1) is 49.0. The van der Waals surface area contributed by atoms with Crippen LogP contribution in [0.3, 0.4) is 0 Å². The molecule has 5 saturated heterocycles. The van der Waals surface area contributed by atoms with Crippen LogP contribution in [0.1, 0.15) is 120 Å². The van der Waals surface area contributed by atoms with Gasteiger partial charge in [-0.3, -0.25) is 10.1 Å². The molecule has 1 amide bonds. The number of anilines is 1. The molecule has 5 aliphatic heterocycles. The summed E-state index contributed by atoms with van der Waals surface area (Å²) >= 11 is 1.67. The lowest BCUT2D eigenvalue weighted by molar-refractivity contribution is -0.374. The SMILES string of the molecule is CC1OC(OC2CCC3(C)C(CCC4(C)C3CC=C3C5CC(C)(C)CCC5(C(=O)OC5OCC(O)C(O)C5OC5OC(C)C(OC6OC(CO)C(O)C(O)C6O)C(O)C5O)C(O)CC34C)C2(C)C)C(O)C(O)C1OC1OCC(O)C(O)C1O.COC(=O)Nc1nc2ccc(Sc3ccccc3)cc2[nH]1. The number of benzene rings is 2. The van der Waals surface area contributed by atoms with Crippen LogP contribution in [-0.2, 0) is 56.9 Å². The predicted molar refractivity (Wildman–Crippen MR) is 365 cm³/mol. The van der Waals surface area contributed by atoms with E-state index >= 15 is 4.79 Å². The second kappa shape index (κ2) is 30.6. The van der Waals surface area contributed by atoms with Gasteiger partial charge >= 0.3 is 12.1 Å². The van der Waals surface area contributed by atoms with Crippen molar-refractivity contribution in [3.05, 3.63) is 60.2 Å². The molecule has 31 heteroatoms. The summed E-state index contributed by atoms with van der Waals surface area (Å²) in [6.07, 6.45) is -29.8. The fraction of sp³-hybridized carbons (Fsp3) is 0.767. The molecule has 32 atom stereocenters. The number of nitrogens with zero attached hydrogens (tertiary/aromatic N) is 1. The Morgan fingerprint density at radius 2 is 1.21 bits per heavy atom. The number of rotatable bonds is 14. The Hall–Kier alpha value is -4.18. The van der Waals surface area contributed by atoms with Crippen LogP contribution >= 0.6 is 11.8 Å². The number of esters is 1. The molecule has 30 nitrogen and oxygen atoms in total. The smallest absolute Gasteiger partial charge is 0.413 e. The summed E-state index contributed by atoms with van der Waals surface area (Å²) in [4.78, 5) is 36.2. The molecular weight excluding hydrogens is 1380 g/mol. The van der Waals surface area contributed by atoms with Crippen LogP contribution in [0.5, 0.6) is 0 Å². The van der Waals surface area contributed by atoms with Crippen molar-refractivity contribution in [1.82, 2.24) is 9.97 Å². The Labute approximate surface area is 607 Å². The summed E-state index contributed by atoms with van der Waals surface area (Å²) in [5.74, 6) is -0.628. The summed E-state index contributed by atoms with van der Waals surface area (Å²) in [6.45, 7) is 17.2. The molecule has 32 unspecified atom stereocenters. The maximum Gasteiger partial charge on any atom is 0.413 e. The lowest BCUT2D eigenvalue weighted by atomic mass is 9.33. The predicted octanol–water partition coefficient (Wildman–Crippen LogP) is 1.99. The zero-order valence-electron chi connectivity index (χ0n) is 60.3. The third-order valence-corrected chi connectivity index (χ3v) is 26.5. The molecule has 6 heterocycles. The van der Waals surface area contributed by atoms with Crippen LogP contribution in [0.15, 0.2) is 70.0 Å². The Bertz CT molecular complexity index is 3500. The van der Waals surface area contributed by atoms with E-state index in [0.717, 1.165) is 40.8 Å². The van der Waals surface area contributed by atoms with Crippen molar-refractivity contribution < 1.29 is 133 Å². The zero-order valence-corrected chi connectivity index (χ0v) is 61.1. The Balaban J connectivity index is 0.000000412. The van der Waals surface area contributed by atoms with Gasteiger partial charge in [0.25, 0.3) is 0 Å². The lowest BCUT2D eigenvalue weighted by Crippen LogP contribution is -2.68. The van der Waals surface area contributed by atoms with Crippen molar-refractivity contribution in [3.8, 4) is 0 Å². The number of aliphatic hydroxyl groups is 14. The number of carbonyl (C=O) groups is 2. The minimum atomic E-state index is -1.93. The number of H-pyrrole nitrogens is 1. The van der Waals surface area contributed by atoms with Gasteiger partial charge in [-0.15, -0.1) is 0 Å². The van der Waals surface area contributed by atoms with E-state index in [1.54, 1.807) is 18.7 Å². The zero-order chi connectivity index (χ0) is 75.2. The second-order valence-corrected chi connectivity index (χ2v) is 33.7. The van der Waals surface area contributed by atoms with Crippen molar-refractivity contribution in [2.24, 2.45) is 50.2 Å². The van der Waals surface area contributed by atoms with E-state index in [4.69, 9.17) is 47.4 Å². The molecule has 4 saturated carbocycles. The van der Waals surface area contributed by atoms with Crippen molar-refractivity contribution in [2.75, 3.05) is 32.2 Å². The fourth-order valence-electron chi connectivity index (χ4n) is 19.4. The largest absolute Gasteiger partial charge is 0.453 e. The highest BCUT2D eigenvalue weighted by atomic mass is 32.2. The third-order valence-electron chi connectivity index (χ3n) is 25.5. The minimum absolute atomic E-state index is 0.129. The van der Waals surface area contributed by atoms with E-state index < -0.39 is 201 Å². The Morgan fingerprint density at radius 1 is 0.615 bits per heavy atom. The molecule has 0 radical (unpaired) electrons. The molecule has 1 aromatic heterocycles. The molecule has 13 rings (SSSR count). The van der Waals surface area contributed by atoms with Gasteiger partial charge in [0.2, 0.25) is 12.2 Å². The molecule has 5 aliphatic carbocycles. The van der Waals surface area contributed by atoms with Crippen molar-refractivity contribution in [1.29, 1.82) is 0 Å². The molecule has 0 bridgehead atoms. The van der Waals surface area contributed by atoms with Crippen LogP contribution in [0.25, 0.3) is 11.0 Å². The molecule has 582 valence electrons. The summed E-state index contributed by atoms with van der Waals surface area (Å²) in [5.41, 5.74) is -0.622. The maximum atomic E-state index is 15.4. The molecule has 10 aliphatic rings. The van der Waals surface area contributed by atoms with Gasteiger partial charge in [-0.2, -0.15) is 0 Å².